The third kappa shape index (κ3) is 2.59. The van der Waals surface area contributed by atoms with Crippen molar-refractivity contribution in [1.82, 2.24) is 4.98 Å². The minimum atomic E-state index is -0.212. The van der Waals surface area contributed by atoms with Crippen LogP contribution in [-0.4, -0.2) is 24.6 Å². The number of rotatable bonds is 4. The topological polar surface area (TPSA) is 51.2 Å². The van der Waals surface area contributed by atoms with Crippen LogP contribution >= 0.6 is 0 Å². The summed E-state index contributed by atoms with van der Waals surface area (Å²) in [5, 5.41) is 4.32. The fourth-order valence-corrected chi connectivity index (χ4v) is 1.79. The Bertz CT molecular complexity index is 549. The van der Waals surface area contributed by atoms with E-state index in [-0.39, 0.29) is 11.9 Å². The quantitative estimate of drug-likeness (QED) is 0.839. The first-order chi connectivity index (χ1) is 8.72. The summed E-state index contributed by atoms with van der Waals surface area (Å²) in [7, 11) is 1.40. The van der Waals surface area contributed by atoms with E-state index in [1.807, 2.05) is 37.3 Å². The number of hydrogen-bond donors (Lipinski definition) is 1. The van der Waals surface area contributed by atoms with Gasteiger partial charge in [-0.25, -0.2) is 0 Å². The third-order valence-corrected chi connectivity index (χ3v) is 2.83. The molecule has 0 aliphatic heterocycles. The smallest absolute Gasteiger partial charge is 0.310 e. The van der Waals surface area contributed by atoms with Gasteiger partial charge >= 0.3 is 5.97 Å². The normalized spacial score (nSPS) is 12.1. The number of nitrogens with one attached hydrogen (secondary N) is 1. The SMILES string of the molecule is COC(=O)C(C)CNc1cccc2cccnc12. The zero-order chi connectivity index (χ0) is 13.0. The molecule has 1 aromatic heterocycles. The molecule has 1 heterocycles. The lowest BCUT2D eigenvalue weighted by Gasteiger charge is -2.12. The van der Waals surface area contributed by atoms with Gasteiger partial charge in [0.05, 0.1) is 24.2 Å². The molecule has 0 spiro atoms. The summed E-state index contributed by atoms with van der Waals surface area (Å²) in [6, 6.07) is 9.85. The number of carbonyl (C=O) groups excluding carboxylic acids is 1. The molecule has 1 N–H and O–H groups in total. The van der Waals surface area contributed by atoms with Gasteiger partial charge in [-0.15, -0.1) is 0 Å². The first-order valence-electron chi connectivity index (χ1n) is 5.88. The van der Waals surface area contributed by atoms with Gasteiger partial charge in [0.1, 0.15) is 0 Å². The predicted molar refractivity (Wildman–Crippen MR) is 71.4 cm³/mol. The molecule has 0 bridgehead atoms. The number of nitrogens with zero attached hydrogens (tertiary/aromatic N) is 1. The number of aromatic nitrogens is 1. The molecule has 1 aromatic carbocycles. The third-order valence-electron chi connectivity index (χ3n) is 2.83. The lowest BCUT2D eigenvalue weighted by atomic mass is 10.1. The summed E-state index contributed by atoms with van der Waals surface area (Å²) in [4.78, 5) is 15.7. The molecular weight excluding hydrogens is 228 g/mol. The Morgan fingerprint density at radius 2 is 2.17 bits per heavy atom. The van der Waals surface area contributed by atoms with Gasteiger partial charge in [-0.3, -0.25) is 9.78 Å². The highest BCUT2D eigenvalue weighted by atomic mass is 16.5. The standard InChI is InChI=1S/C14H16N2O2/c1-10(14(17)18-2)9-16-12-7-3-5-11-6-4-8-15-13(11)12/h3-8,10,16H,9H2,1-2H3. The Labute approximate surface area is 106 Å². The van der Waals surface area contributed by atoms with Crippen LogP contribution in [-0.2, 0) is 9.53 Å². The van der Waals surface area contributed by atoms with Gasteiger partial charge in [0.2, 0.25) is 0 Å². The van der Waals surface area contributed by atoms with Crippen molar-refractivity contribution in [2.75, 3.05) is 19.0 Å². The van der Waals surface area contributed by atoms with E-state index in [1.165, 1.54) is 7.11 Å². The highest BCUT2D eigenvalue weighted by Crippen LogP contribution is 2.20. The fourth-order valence-electron chi connectivity index (χ4n) is 1.79. The van der Waals surface area contributed by atoms with Crippen LogP contribution in [0.3, 0.4) is 0 Å². The lowest BCUT2D eigenvalue weighted by Crippen LogP contribution is -2.21. The Balaban J connectivity index is 2.15. The Morgan fingerprint density at radius 1 is 1.39 bits per heavy atom. The van der Waals surface area contributed by atoms with Crippen LogP contribution in [0.15, 0.2) is 36.5 Å². The van der Waals surface area contributed by atoms with Crippen LogP contribution in [0.1, 0.15) is 6.92 Å². The van der Waals surface area contributed by atoms with E-state index in [0.717, 1.165) is 16.6 Å². The zero-order valence-corrected chi connectivity index (χ0v) is 10.5. The number of esters is 1. The van der Waals surface area contributed by atoms with Gasteiger partial charge in [0.25, 0.3) is 0 Å². The van der Waals surface area contributed by atoms with E-state index in [4.69, 9.17) is 4.74 Å². The summed E-state index contributed by atoms with van der Waals surface area (Å²) >= 11 is 0. The number of fused-ring (bicyclic) bond motifs is 1. The average molecular weight is 244 g/mol. The molecule has 0 fully saturated rings. The Morgan fingerprint density at radius 3 is 2.94 bits per heavy atom. The van der Waals surface area contributed by atoms with Gasteiger partial charge in [-0.2, -0.15) is 0 Å². The number of pyridine rings is 1. The maximum atomic E-state index is 11.3. The van der Waals surface area contributed by atoms with Gasteiger partial charge in [0, 0.05) is 18.1 Å². The zero-order valence-electron chi connectivity index (χ0n) is 10.5. The minimum absolute atomic E-state index is 0.186. The van der Waals surface area contributed by atoms with Gasteiger partial charge in [-0.1, -0.05) is 25.1 Å². The lowest BCUT2D eigenvalue weighted by molar-refractivity contribution is -0.144. The molecule has 4 heteroatoms. The van der Waals surface area contributed by atoms with E-state index < -0.39 is 0 Å². The fraction of sp³-hybridized carbons (Fsp3) is 0.286. The van der Waals surface area contributed by atoms with Gasteiger partial charge in [-0.05, 0) is 12.1 Å². The van der Waals surface area contributed by atoms with Crippen molar-refractivity contribution in [3.63, 3.8) is 0 Å². The van der Waals surface area contributed by atoms with Crippen molar-refractivity contribution in [3.05, 3.63) is 36.5 Å². The van der Waals surface area contributed by atoms with Crippen LogP contribution in [0.5, 0.6) is 0 Å². The van der Waals surface area contributed by atoms with Crippen LogP contribution in [0.25, 0.3) is 10.9 Å². The number of para-hydroxylation sites is 1. The van der Waals surface area contributed by atoms with E-state index in [1.54, 1.807) is 6.20 Å². The second-order valence-corrected chi connectivity index (χ2v) is 4.19. The average Bonchev–Trinajstić information content (AvgIpc) is 2.43. The van der Waals surface area contributed by atoms with Crippen molar-refractivity contribution in [1.29, 1.82) is 0 Å². The van der Waals surface area contributed by atoms with Crippen LogP contribution in [0.2, 0.25) is 0 Å². The molecule has 94 valence electrons. The number of benzene rings is 1. The molecule has 2 aromatic rings. The molecule has 0 aliphatic carbocycles. The van der Waals surface area contributed by atoms with Crippen molar-refractivity contribution >= 4 is 22.6 Å². The molecule has 18 heavy (non-hydrogen) atoms. The number of hydrogen-bond acceptors (Lipinski definition) is 4. The highest BCUT2D eigenvalue weighted by molar-refractivity contribution is 5.90. The van der Waals surface area contributed by atoms with E-state index >= 15 is 0 Å². The molecule has 2 rings (SSSR count). The van der Waals surface area contributed by atoms with Gasteiger partial charge in [0.15, 0.2) is 0 Å². The van der Waals surface area contributed by atoms with Crippen LogP contribution < -0.4 is 5.32 Å². The maximum absolute atomic E-state index is 11.3. The molecule has 0 aliphatic rings. The maximum Gasteiger partial charge on any atom is 0.310 e. The predicted octanol–water partition coefficient (Wildman–Crippen LogP) is 2.46. The molecule has 1 unspecified atom stereocenters. The monoisotopic (exact) mass is 244 g/mol. The molecule has 0 amide bonds. The molecule has 0 saturated heterocycles. The summed E-state index contributed by atoms with van der Waals surface area (Å²) in [5.74, 6) is -0.398. The van der Waals surface area contributed by atoms with E-state index in [9.17, 15) is 4.79 Å². The summed E-state index contributed by atoms with van der Waals surface area (Å²) in [6.45, 7) is 2.36. The summed E-state index contributed by atoms with van der Waals surface area (Å²) in [6.07, 6.45) is 1.76. The molecular formula is C14H16N2O2. The van der Waals surface area contributed by atoms with Crippen molar-refractivity contribution in [2.24, 2.45) is 5.92 Å². The summed E-state index contributed by atoms with van der Waals surface area (Å²) in [5.41, 5.74) is 1.85. The number of anilines is 1. The molecule has 4 nitrogen and oxygen atoms in total. The van der Waals surface area contributed by atoms with Crippen molar-refractivity contribution in [2.45, 2.75) is 6.92 Å². The molecule has 0 saturated carbocycles. The largest absolute Gasteiger partial charge is 0.469 e. The van der Waals surface area contributed by atoms with Crippen LogP contribution in [0.4, 0.5) is 5.69 Å². The molecule has 0 radical (unpaired) electrons. The Kier molecular flexibility index (Phi) is 3.77. The minimum Gasteiger partial charge on any atom is -0.469 e. The van der Waals surface area contributed by atoms with E-state index in [2.05, 4.69) is 10.3 Å². The van der Waals surface area contributed by atoms with Crippen molar-refractivity contribution < 1.29 is 9.53 Å². The first kappa shape index (κ1) is 12.4. The Hall–Kier alpha value is -2.10. The first-order valence-corrected chi connectivity index (χ1v) is 5.88. The number of ether oxygens (including phenoxy) is 1. The second-order valence-electron chi connectivity index (χ2n) is 4.19. The van der Waals surface area contributed by atoms with Crippen molar-refractivity contribution in [3.8, 4) is 0 Å². The summed E-state index contributed by atoms with van der Waals surface area (Å²) < 4.78 is 4.69. The number of methoxy groups -OCH3 is 1. The van der Waals surface area contributed by atoms with Gasteiger partial charge < -0.3 is 10.1 Å². The van der Waals surface area contributed by atoms with E-state index in [0.29, 0.717) is 6.54 Å². The second kappa shape index (κ2) is 5.49. The molecule has 1 atom stereocenters. The number of carbonyl (C=O) groups is 1. The van der Waals surface area contributed by atoms with Crippen LogP contribution in [0, 0.1) is 5.92 Å². The highest BCUT2D eigenvalue weighted by Gasteiger charge is 2.13.